The highest BCUT2D eigenvalue weighted by Crippen LogP contribution is 2.38. The minimum Gasteiger partial charge on any atom is -0.208 e. The van der Waals surface area contributed by atoms with Crippen molar-refractivity contribution in [3.05, 3.63) is 176 Å². The summed E-state index contributed by atoms with van der Waals surface area (Å²) >= 11 is 1.01. The third kappa shape index (κ3) is 5.69. The molecule has 4 heteroatoms. The van der Waals surface area contributed by atoms with Crippen molar-refractivity contribution in [2.75, 3.05) is 0 Å². The first-order valence-electron chi connectivity index (χ1n) is 20.5. The van der Waals surface area contributed by atoms with E-state index in [4.69, 9.17) is 24.5 Å². The van der Waals surface area contributed by atoms with Crippen LogP contribution in [0.25, 0.3) is 87.7 Å². The Hall–Kier alpha value is -6.23. The average Bonchev–Trinajstić information content (AvgIpc) is 3.67. The molecule has 7 aromatic carbocycles. The quantitative estimate of drug-likeness (QED) is 0.179. The van der Waals surface area contributed by atoms with Gasteiger partial charge in [-0.25, -0.2) is 15.0 Å². The summed E-state index contributed by atoms with van der Waals surface area (Å²) in [6, 6.07) is 32.8. The Morgan fingerprint density at radius 3 is 1.47 bits per heavy atom. The molecule has 0 aliphatic heterocycles. The van der Waals surface area contributed by atoms with Gasteiger partial charge in [-0.1, -0.05) is 158 Å². The lowest BCUT2D eigenvalue weighted by Gasteiger charge is -2.10. The van der Waals surface area contributed by atoms with Crippen molar-refractivity contribution in [3.8, 4) is 67.5 Å². The van der Waals surface area contributed by atoms with Gasteiger partial charge in [0.1, 0.15) is 0 Å². The molecular weight excluding hydrogens is 615 g/mol. The van der Waals surface area contributed by atoms with Crippen LogP contribution in [0.2, 0.25) is 0 Å². The Morgan fingerprint density at radius 2 is 0.857 bits per heavy atom. The van der Waals surface area contributed by atoms with Crippen molar-refractivity contribution in [3.63, 3.8) is 0 Å². The van der Waals surface area contributed by atoms with Gasteiger partial charge in [-0.05, 0) is 51.5 Å². The van der Waals surface area contributed by atoms with E-state index in [0.717, 1.165) is 33.6 Å². The fourth-order valence-corrected chi connectivity index (χ4v) is 6.72. The zero-order chi connectivity index (χ0) is 41.3. The van der Waals surface area contributed by atoms with Crippen LogP contribution in [0.15, 0.2) is 176 Å². The van der Waals surface area contributed by atoms with Crippen LogP contribution in [0.3, 0.4) is 0 Å². The average molecular weight is 654 g/mol. The molecular formula is C45H29N3S. The predicted octanol–water partition coefficient (Wildman–Crippen LogP) is 12.2. The molecule has 230 valence electrons. The van der Waals surface area contributed by atoms with E-state index in [-0.39, 0.29) is 72.9 Å². The number of nitrogens with zero attached hydrogens (tertiary/aromatic N) is 3. The van der Waals surface area contributed by atoms with Crippen molar-refractivity contribution in [2.45, 2.75) is 0 Å². The molecule has 0 bridgehead atoms. The van der Waals surface area contributed by atoms with E-state index in [1.165, 1.54) is 6.07 Å². The summed E-state index contributed by atoms with van der Waals surface area (Å²) in [6.07, 6.45) is 0. The Morgan fingerprint density at radius 1 is 0.367 bits per heavy atom. The highest BCUT2D eigenvalue weighted by Gasteiger charge is 2.15. The largest absolute Gasteiger partial charge is 0.208 e. The van der Waals surface area contributed by atoms with Crippen molar-refractivity contribution in [2.24, 2.45) is 0 Å². The molecule has 9 rings (SSSR count). The minimum atomic E-state index is -0.582. The molecule has 0 radical (unpaired) electrons. The van der Waals surface area contributed by atoms with Gasteiger partial charge < -0.3 is 0 Å². The van der Waals surface area contributed by atoms with Gasteiger partial charge in [-0.2, -0.15) is 0 Å². The van der Waals surface area contributed by atoms with Crippen LogP contribution in [0.5, 0.6) is 0 Å². The van der Waals surface area contributed by atoms with E-state index in [1.54, 1.807) is 0 Å². The van der Waals surface area contributed by atoms with Gasteiger partial charge in [0.05, 0.1) is 13.7 Å². The SMILES string of the molecule is [2H]c1c([2H])c([2H])c(-c2cc3c(sc4c([2H])c(-c5nc(-c6ccccc6)nc(-c6ccc(-c7ccc(-c8ccccc8)cc7)cc6)n5)c([2H])c([2H])c43)c([2H])c2[2H])c([2H])c1[2H]. The fraction of sp³-hybridized carbons (Fsp3) is 0. The number of benzene rings is 7. The molecule has 0 spiro atoms. The molecule has 0 amide bonds. The smallest absolute Gasteiger partial charge is 0.164 e. The summed E-state index contributed by atoms with van der Waals surface area (Å²) in [4.78, 5) is 14.4. The van der Waals surface area contributed by atoms with Crippen LogP contribution in [-0.2, 0) is 0 Å². The fourth-order valence-electron chi connectivity index (χ4n) is 5.72. The van der Waals surface area contributed by atoms with Gasteiger partial charge in [0, 0.05) is 36.9 Å². The Kier molecular flexibility index (Phi) is 5.12. The molecule has 49 heavy (non-hydrogen) atoms. The first-order chi connectivity index (χ1) is 28.4. The first-order valence-corrected chi connectivity index (χ1v) is 16.4. The number of aromatic nitrogens is 3. The van der Waals surface area contributed by atoms with Crippen molar-refractivity contribution < 1.29 is 13.7 Å². The zero-order valence-corrected chi connectivity index (χ0v) is 26.5. The minimum absolute atomic E-state index is 0.00603. The summed E-state index contributed by atoms with van der Waals surface area (Å²) in [5.41, 5.74) is 5.30. The van der Waals surface area contributed by atoms with Gasteiger partial charge in [-0.15, -0.1) is 11.3 Å². The zero-order valence-electron chi connectivity index (χ0n) is 35.7. The Labute approximate surface area is 302 Å². The van der Waals surface area contributed by atoms with Crippen molar-refractivity contribution >= 4 is 31.5 Å². The van der Waals surface area contributed by atoms with E-state index in [2.05, 4.69) is 36.4 Å². The maximum Gasteiger partial charge on any atom is 0.164 e. The maximum absolute atomic E-state index is 9.45. The summed E-state index contributed by atoms with van der Waals surface area (Å²) in [5, 5.41) is 0.443. The molecule has 0 unspecified atom stereocenters. The van der Waals surface area contributed by atoms with Crippen molar-refractivity contribution in [1.29, 1.82) is 0 Å². The molecule has 0 atom stereocenters. The number of fused-ring (bicyclic) bond motifs is 3. The molecule has 0 saturated heterocycles. The van der Waals surface area contributed by atoms with E-state index in [0.29, 0.717) is 22.8 Å². The summed E-state index contributed by atoms with van der Waals surface area (Å²) in [5.74, 6) is 0.630. The molecule has 2 heterocycles. The maximum atomic E-state index is 9.45. The number of thiophene rings is 1. The molecule has 0 aliphatic carbocycles. The number of hydrogen-bond donors (Lipinski definition) is 0. The van der Waals surface area contributed by atoms with Gasteiger partial charge in [-0.3, -0.25) is 0 Å². The monoisotopic (exact) mass is 653 g/mol. The number of hydrogen-bond acceptors (Lipinski definition) is 4. The van der Waals surface area contributed by atoms with Gasteiger partial charge in [0.2, 0.25) is 0 Å². The van der Waals surface area contributed by atoms with Crippen LogP contribution in [0.4, 0.5) is 0 Å². The Bertz CT molecular complexity index is 3110. The molecule has 9 aromatic rings. The second kappa shape index (κ2) is 12.4. The van der Waals surface area contributed by atoms with Crippen molar-refractivity contribution in [1.82, 2.24) is 15.0 Å². The van der Waals surface area contributed by atoms with E-state index < -0.39 is 30.2 Å². The molecule has 0 N–H and O–H groups in total. The van der Waals surface area contributed by atoms with Crippen LogP contribution in [-0.4, -0.2) is 15.0 Å². The van der Waals surface area contributed by atoms with E-state index in [9.17, 15) is 4.11 Å². The molecule has 2 aromatic heterocycles. The van der Waals surface area contributed by atoms with Gasteiger partial charge >= 0.3 is 0 Å². The number of rotatable bonds is 6. The highest BCUT2D eigenvalue weighted by atomic mass is 32.1. The normalized spacial score (nSPS) is 14.1. The highest BCUT2D eigenvalue weighted by molar-refractivity contribution is 7.25. The van der Waals surface area contributed by atoms with Crippen LogP contribution >= 0.6 is 11.3 Å². The van der Waals surface area contributed by atoms with E-state index >= 15 is 0 Å². The van der Waals surface area contributed by atoms with E-state index in [1.807, 2.05) is 72.8 Å². The lowest BCUT2D eigenvalue weighted by molar-refractivity contribution is 1.07. The molecule has 0 fully saturated rings. The lowest BCUT2D eigenvalue weighted by Crippen LogP contribution is -2.00. The third-order valence-electron chi connectivity index (χ3n) is 8.22. The van der Waals surface area contributed by atoms with Crippen LogP contribution in [0.1, 0.15) is 13.7 Å². The Balaban J connectivity index is 1.18. The van der Waals surface area contributed by atoms with Crippen LogP contribution in [0, 0.1) is 0 Å². The van der Waals surface area contributed by atoms with Gasteiger partial charge in [0.25, 0.3) is 0 Å². The molecule has 3 nitrogen and oxygen atoms in total. The van der Waals surface area contributed by atoms with Gasteiger partial charge in [0.15, 0.2) is 17.5 Å². The third-order valence-corrected chi connectivity index (χ3v) is 9.26. The first kappa shape index (κ1) is 20.2. The lowest BCUT2D eigenvalue weighted by atomic mass is 9.99. The topological polar surface area (TPSA) is 38.7 Å². The predicted molar refractivity (Wildman–Crippen MR) is 205 cm³/mol. The summed E-state index contributed by atoms with van der Waals surface area (Å²) in [7, 11) is 0. The second-order valence-electron chi connectivity index (χ2n) is 11.3. The summed E-state index contributed by atoms with van der Waals surface area (Å²) < 4.78 is 87.7. The molecule has 0 aliphatic rings. The molecule has 0 saturated carbocycles. The second-order valence-corrected chi connectivity index (χ2v) is 12.3. The van der Waals surface area contributed by atoms with Crippen LogP contribution < -0.4 is 0 Å². The standard InChI is InChI=1S/C45H29N3S/c1-4-10-30(11-5-1)32-16-18-33(19-17-32)34-20-22-36(23-21-34)44-46-43(35-14-8-3-9-15-35)47-45(48-44)38-24-26-39-40-28-37(31-12-6-2-7-13-31)25-27-41(40)49-42(39)29-38/h1-29H/i2D,6D,7D,12D,13D,24D,25D,26D,27D,29D. The summed E-state index contributed by atoms with van der Waals surface area (Å²) in [6.45, 7) is 0.